The molecule has 0 aromatic rings. The number of likely N-dealkylation sites (N-methyl/N-ethyl adjacent to an activating group) is 1. The zero-order chi connectivity index (χ0) is 57.6. The first-order valence-corrected chi connectivity index (χ1v) is 29.2. The van der Waals surface area contributed by atoms with Crippen molar-refractivity contribution in [3.8, 4) is 0 Å². The van der Waals surface area contributed by atoms with Crippen molar-refractivity contribution in [1.82, 2.24) is 0 Å². The van der Waals surface area contributed by atoms with Crippen LogP contribution in [-0.2, 0) is 33.3 Å². The van der Waals surface area contributed by atoms with E-state index in [0.29, 0.717) is 23.9 Å². The summed E-state index contributed by atoms with van der Waals surface area (Å²) < 4.78 is 22.6. The Morgan fingerprint density at radius 2 is 0.709 bits per heavy atom. The molecule has 0 amide bonds. The van der Waals surface area contributed by atoms with Crippen molar-refractivity contribution in [3.05, 3.63) is 207 Å². The van der Waals surface area contributed by atoms with Crippen molar-refractivity contribution in [1.29, 1.82) is 0 Å². The minimum Gasteiger partial charge on any atom is -0.477 e. The highest BCUT2D eigenvalue weighted by molar-refractivity contribution is 5.72. The Labute approximate surface area is 480 Å². The molecule has 436 valence electrons. The molecule has 9 heteroatoms. The second kappa shape index (κ2) is 58.0. The van der Waals surface area contributed by atoms with E-state index in [1.807, 2.05) is 33.3 Å². The molecule has 0 rings (SSSR count). The second-order valence-electron chi connectivity index (χ2n) is 19.5. The fraction of sp³-hybridized carbons (Fsp3) is 0.471. The Kier molecular flexibility index (Phi) is 53.5. The van der Waals surface area contributed by atoms with Gasteiger partial charge in [0.15, 0.2) is 6.10 Å². The minimum absolute atomic E-state index is 0.0471. The average Bonchev–Trinajstić information content (AvgIpc) is 3.42. The topological polar surface area (TPSA) is 108 Å². The highest BCUT2D eigenvalue weighted by Gasteiger charge is 2.25. The zero-order valence-electron chi connectivity index (χ0n) is 49.4. The molecule has 1 N–H and O–H groups in total. The Morgan fingerprint density at radius 1 is 0.392 bits per heavy atom. The number of carboxylic acids is 1. The molecule has 0 saturated heterocycles. The number of hydrogen-bond donors (Lipinski definition) is 1. The number of hydrogen-bond acceptors (Lipinski definition) is 7. The van der Waals surface area contributed by atoms with E-state index in [4.69, 9.17) is 18.9 Å². The maximum atomic E-state index is 12.8. The third-order valence-electron chi connectivity index (χ3n) is 11.1. The summed E-state index contributed by atoms with van der Waals surface area (Å²) >= 11 is 0. The zero-order valence-corrected chi connectivity index (χ0v) is 49.4. The predicted molar refractivity (Wildman–Crippen MR) is 335 cm³/mol. The number of aliphatic carboxylic acids is 1. The van der Waals surface area contributed by atoms with Crippen LogP contribution in [0.5, 0.6) is 0 Å². The number of esters is 2. The molecule has 0 saturated carbocycles. The van der Waals surface area contributed by atoms with E-state index in [2.05, 4.69) is 202 Å². The number of ether oxygens (including phenoxy) is 4. The number of allylic oxidation sites excluding steroid dienone is 33. The highest BCUT2D eigenvalue weighted by atomic mass is 16.7. The van der Waals surface area contributed by atoms with Crippen LogP contribution in [0.1, 0.15) is 155 Å². The second-order valence-corrected chi connectivity index (χ2v) is 19.5. The minimum atomic E-state index is -1.56. The van der Waals surface area contributed by atoms with Crippen molar-refractivity contribution in [2.24, 2.45) is 0 Å². The standard InChI is InChI=1S/C70H103NO8/c1-6-8-10-12-14-16-18-20-22-23-24-25-26-27-28-29-30-31-32-33-34-35-36-37-38-39-40-41-42-43-44-45-47-49-51-53-55-57-59-61-68(73)79-66(65-78-70(69(74)75)76-63-62-71(3,4)5)64-77-67(72)60-58-56-54-52-50-48-46-21-19-17-15-13-11-9-7-2/h8-11,14-17,20-22,24-25,27-28,30-31,33-34,36-37,39-40,42-43,45-47,50-53,56,58,66,70H,6-7,12-13,18-19,23,26,29,32,35,38,41,44,48-49,54-55,57,59-65H2,1-5H3/p+1/b10-8-,11-9-,16-14-,17-15-,22-20-,25-24-,28-27-,31-30-,34-33-,37-36-,40-39-,43-42-,46-21-,47-45-,52-50-,53-51-,58-56-. The largest absolute Gasteiger partial charge is 0.477 e. The lowest BCUT2D eigenvalue weighted by Gasteiger charge is -2.25. The normalized spacial score (nSPS) is 14.3. The van der Waals surface area contributed by atoms with Gasteiger partial charge in [0.25, 0.3) is 6.29 Å². The SMILES string of the molecule is CC/C=C\C/C=C\C/C=C\C/C=C\C/C=C\C/C=C\C/C=C\C/C=C\C/C=C\C/C=C\C/C=C\C/C=C\CCCCC(=O)OC(COC(=O)C/C=C\C/C=C\C/C=C\C/C=C\C/C=C\CC)COC(OCC[N+](C)(C)C)C(=O)O. The summed E-state index contributed by atoms with van der Waals surface area (Å²) in [5.41, 5.74) is 0. The van der Waals surface area contributed by atoms with E-state index in [0.717, 1.165) is 116 Å². The molecule has 2 unspecified atom stereocenters. The van der Waals surface area contributed by atoms with Crippen molar-refractivity contribution in [2.75, 3.05) is 47.5 Å². The van der Waals surface area contributed by atoms with E-state index in [1.54, 1.807) is 6.08 Å². The molecule has 0 aliphatic rings. The first-order valence-electron chi connectivity index (χ1n) is 29.2. The van der Waals surface area contributed by atoms with Gasteiger partial charge in [0.05, 0.1) is 40.8 Å². The number of carbonyl (C=O) groups excluding carboxylic acids is 2. The van der Waals surface area contributed by atoms with Crippen LogP contribution in [0, 0.1) is 0 Å². The molecule has 2 atom stereocenters. The van der Waals surface area contributed by atoms with Crippen molar-refractivity contribution >= 4 is 17.9 Å². The van der Waals surface area contributed by atoms with Gasteiger partial charge in [-0.1, -0.05) is 220 Å². The Morgan fingerprint density at radius 3 is 1.03 bits per heavy atom. The fourth-order valence-electron chi connectivity index (χ4n) is 6.65. The number of rotatable bonds is 50. The third kappa shape index (κ3) is 59.4. The van der Waals surface area contributed by atoms with E-state index in [9.17, 15) is 19.5 Å². The monoisotopic (exact) mass is 1090 g/mol. The number of unbranched alkanes of at least 4 members (excludes halogenated alkanes) is 2. The third-order valence-corrected chi connectivity index (χ3v) is 11.1. The summed E-state index contributed by atoms with van der Waals surface area (Å²) in [5.74, 6) is -2.26. The van der Waals surface area contributed by atoms with Gasteiger partial charge in [-0.3, -0.25) is 9.59 Å². The fourth-order valence-corrected chi connectivity index (χ4v) is 6.65. The maximum Gasteiger partial charge on any atom is 0.361 e. The van der Waals surface area contributed by atoms with Crippen LogP contribution in [-0.4, -0.2) is 87.4 Å². The molecular weight excluding hydrogens is 983 g/mol. The molecule has 9 nitrogen and oxygen atoms in total. The Hall–Kier alpha value is -6.13. The van der Waals surface area contributed by atoms with Gasteiger partial charge in [-0.05, 0) is 128 Å². The van der Waals surface area contributed by atoms with E-state index >= 15 is 0 Å². The summed E-state index contributed by atoms with van der Waals surface area (Å²) in [7, 11) is 5.90. The summed E-state index contributed by atoms with van der Waals surface area (Å²) in [6, 6.07) is 0. The molecule has 0 fully saturated rings. The Balaban J connectivity index is 4.39. The van der Waals surface area contributed by atoms with E-state index in [-0.39, 0.29) is 32.7 Å². The van der Waals surface area contributed by atoms with Gasteiger partial charge in [-0.15, -0.1) is 0 Å². The smallest absolute Gasteiger partial charge is 0.361 e. The van der Waals surface area contributed by atoms with Crippen molar-refractivity contribution in [2.45, 2.75) is 167 Å². The molecule has 79 heavy (non-hydrogen) atoms. The number of carboxylic acid groups (broad SMARTS) is 1. The summed E-state index contributed by atoms with van der Waals surface area (Å²) in [5, 5.41) is 9.68. The first-order chi connectivity index (χ1) is 38.6. The highest BCUT2D eigenvalue weighted by Crippen LogP contribution is 2.09. The van der Waals surface area contributed by atoms with Gasteiger partial charge in [-0.25, -0.2) is 4.79 Å². The lowest BCUT2D eigenvalue weighted by atomic mass is 10.2. The van der Waals surface area contributed by atoms with Crippen LogP contribution in [0.4, 0.5) is 0 Å². The quantitative estimate of drug-likeness (QED) is 0.0211. The maximum absolute atomic E-state index is 12.8. The summed E-state index contributed by atoms with van der Waals surface area (Å²) in [6.07, 6.45) is 89.6. The summed E-state index contributed by atoms with van der Waals surface area (Å²) in [6.45, 7) is 4.42. The van der Waals surface area contributed by atoms with Crippen molar-refractivity contribution < 1.29 is 42.9 Å². The summed E-state index contributed by atoms with van der Waals surface area (Å²) in [4.78, 5) is 37.3. The van der Waals surface area contributed by atoms with Crippen LogP contribution in [0.2, 0.25) is 0 Å². The van der Waals surface area contributed by atoms with Crippen LogP contribution >= 0.6 is 0 Å². The first kappa shape index (κ1) is 72.9. The van der Waals surface area contributed by atoms with Crippen LogP contribution < -0.4 is 0 Å². The molecule has 0 bridgehead atoms. The van der Waals surface area contributed by atoms with Crippen molar-refractivity contribution in [3.63, 3.8) is 0 Å². The van der Waals surface area contributed by atoms with Gasteiger partial charge in [0.2, 0.25) is 0 Å². The molecule has 0 radical (unpaired) electrons. The predicted octanol–water partition coefficient (Wildman–Crippen LogP) is 17.7. The molecule has 0 aliphatic heterocycles. The molecule has 0 heterocycles. The average molecular weight is 1090 g/mol. The van der Waals surface area contributed by atoms with Gasteiger partial charge in [0.1, 0.15) is 13.2 Å². The number of quaternary nitrogens is 1. The number of nitrogens with zero attached hydrogens (tertiary/aromatic N) is 1. The van der Waals surface area contributed by atoms with Crippen LogP contribution in [0.15, 0.2) is 207 Å². The van der Waals surface area contributed by atoms with Crippen LogP contribution in [0.3, 0.4) is 0 Å². The molecule has 0 aromatic carbocycles. The van der Waals surface area contributed by atoms with E-state index < -0.39 is 30.3 Å². The lowest BCUT2D eigenvalue weighted by Crippen LogP contribution is -2.40. The molecule has 0 aliphatic carbocycles. The van der Waals surface area contributed by atoms with E-state index in [1.165, 1.54) is 0 Å². The number of carbonyl (C=O) groups is 3. The van der Waals surface area contributed by atoms with Gasteiger partial charge in [-0.2, -0.15) is 0 Å². The van der Waals surface area contributed by atoms with Gasteiger partial charge in [0, 0.05) is 6.42 Å². The van der Waals surface area contributed by atoms with Crippen LogP contribution in [0.25, 0.3) is 0 Å². The molecule has 0 aromatic heterocycles. The molecule has 0 spiro atoms. The molecular formula is C70H104NO8+. The Bertz CT molecular complexity index is 2040. The van der Waals surface area contributed by atoms with Gasteiger partial charge < -0.3 is 28.5 Å². The van der Waals surface area contributed by atoms with Gasteiger partial charge >= 0.3 is 17.9 Å². The lowest BCUT2D eigenvalue weighted by molar-refractivity contribution is -0.870.